The predicted octanol–water partition coefficient (Wildman–Crippen LogP) is 3.29. The number of esters is 1. The fourth-order valence-electron chi connectivity index (χ4n) is 2.93. The van der Waals surface area contributed by atoms with Gasteiger partial charge in [0, 0.05) is 16.1 Å². The number of amides is 1. The molecule has 0 bridgehead atoms. The number of ether oxygens (including phenoxy) is 1. The van der Waals surface area contributed by atoms with Crippen molar-refractivity contribution >= 4 is 51.2 Å². The van der Waals surface area contributed by atoms with E-state index in [1.807, 2.05) is 13.0 Å². The van der Waals surface area contributed by atoms with Gasteiger partial charge in [0.2, 0.25) is 5.58 Å². The summed E-state index contributed by atoms with van der Waals surface area (Å²) in [5, 5.41) is 3.81. The molecule has 0 saturated heterocycles. The summed E-state index contributed by atoms with van der Waals surface area (Å²) in [5.74, 6) is -1.28. The minimum atomic E-state index is -0.758. The maximum absolute atomic E-state index is 12.6. The van der Waals surface area contributed by atoms with E-state index in [0.29, 0.717) is 27.2 Å². The Balaban J connectivity index is 1.41. The van der Waals surface area contributed by atoms with Crippen molar-refractivity contribution < 1.29 is 18.7 Å². The number of carbonyl (C=O) groups is 2. The number of anilines is 1. The highest BCUT2D eigenvalue weighted by atomic mass is 35.5. The van der Waals surface area contributed by atoms with Crippen LogP contribution in [0.2, 0.25) is 5.02 Å². The Morgan fingerprint density at radius 3 is 2.83 bits per heavy atom. The molecule has 1 amide bonds. The van der Waals surface area contributed by atoms with Gasteiger partial charge in [0.15, 0.2) is 6.61 Å². The van der Waals surface area contributed by atoms with Crippen LogP contribution in [0.15, 0.2) is 58.0 Å². The molecule has 0 unspecified atom stereocenters. The first-order valence-corrected chi connectivity index (χ1v) is 9.38. The third-order valence-electron chi connectivity index (χ3n) is 4.47. The molecule has 0 aliphatic heterocycles. The summed E-state index contributed by atoms with van der Waals surface area (Å²) in [6.45, 7) is 0.942. The zero-order chi connectivity index (χ0) is 21.3. The van der Waals surface area contributed by atoms with E-state index in [9.17, 15) is 14.4 Å². The fraction of sp³-hybridized carbons (Fsp3) is 0.143. The minimum absolute atomic E-state index is 0.0560. The Kier molecular flexibility index (Phi) is 5.24. The number of nitrogens with zero attached hydrogens (tertiary/aromatic N) is 2. The average Bonchev–Trinajstić information content (AvgIpc) is 3.11. The Hall–Kier alpha value is -3.65. The lowest BCUT2D eigenvalue weighted by molar-refractivity contribution is -0.147. The molecule has 0 fully saturated rings. The number of hydrogen-bond donors (Lipinski definition) is 1. The van der Waals surface area contributed by atoms with Gasteiger partial charge in [0.25, 0.3) is 11.5 Å². The zero-order valence-corrected chi connectivity index (χ0v) is 16.6. The van der Waals surface area contributed by atoms with Crippen LogP contribution in [0.5, 0.6) is 0 Å². The lowest BCUT2D eigenvalue weighted by atomic mass is 10.2. The van der Waals surface area contributed by atoms with Gasteiger partial charge >= 0.3 is 5.97 Å². The molecular weight excluding hydrogens is 410 g/mol. The van der Waals surface area contributed by atoms with Crippen LogP contribution in [0.1, 0.15) is 5.56 Å². The largest absolute Gasteiger partial charge is 0.454 e. The second-order valence-electron chi connectivity index (χ2n) is 6.63. The molecule has 4 aromatic rings. The zero-order valence-electron chi connectivity index (χ0n) is 15.8. The first-order chi connectivity index (χ1) is 14.4. The maximum Gasteiger partial charge on any atom is 0.326 e. The van der Waals surface area contributed by atoms with Crippen molar-refractivity contribution in [2.24, 2.45) is 0 Å². The molecule has 0 aliphatic rings. The number of hydrogen-bond acceptors (Lipinski definition) is 6. The lowest BCUT2D eigenvalue weighted by Crippen LogP contribution is -2.27. The number of rotatable bonds is 5. The molecule has 0 aliphatic carbocycles. The summed E-state index contributed by atoms with van der Waals surface area (Å²) in [7, 11) is 0. The molecule has 0 radical (unpaired) electrons. The van der Waals surface area contributed by atoms with Crippen LogP contribution in [0.4, 0.5) is 5.69 Å². The van der Waals surface area contributed by atoms with Crippen molar-refractivity contribution in [3.8, 4) is 0 Å². The summed E-state index contributed by atoms with van der Waals surface area (Å²) in [6, 6.07) is 12.2. The van der Waals surface area contributed by atoms with Crippen LogP contribution in [0, 0.1) is 6.92 Å². The Labute approximate surface area is 175 Å². The van der Waals surface area contributed by atoms with E-state index < -0.39 is 30.6 Å². The highest BCUT2D eigenvalue weighted by Crippen LogP contribution is 2.24. The van der Waals surface area contributed by atoms with Gasteiger partial charge in [0.05, 0.1) is 6.33 Å². The Morgan fingerprint density at radius 2 is 2.03 bits per heavy atom. The molecule has 0 saturated carbocycles. The lowest BCUT2D eigenvalue weighted by Gasteiger charge is -2.08. The SMILES string of the molecule is Cc1ccc(NC(=O)COC(=O)Cn2cnc3c(oc4ccccc43)c2=O)cc1Cl. The summed E-state index contributed by atoms with van der Waals surface area (Å²) < 4.78 is 11.6. The van der Waals surface area contributed by atoms with E-state index in [2.05, 4.69) is 10.3 Å². The maximum atomic E-state index is 12.6. The third kappa shape index (κ3) is 3.90. The number of benzene rings is 2. The summed E-state index contributed by atoms with van der Waals surface area (Å²) in [6.07, 6.45) is 1.25. The molecule has 2 heterocycles. The van der Waals surface area contributed by atoms with E-state index in [1.165, 1.54) is 6.33 Å². The molecule has 4 rings (SSSR count). The van der Waals surface area contributed by atoms with Crippen molar-refractivity contribution in [3.63, 3.8) is 0 Å². The molecule has 8 nitrogen and oxygen atoms in total. The Morgan fingerprint density at radius 1 is 1.23 bits per heavy atom. The van der Waals surface area contributed by atoms with Gasteiger partial charge in [-0.25, -0.2) is 4.98 Å². The van der Waals surface area contributed by atoms with Gasteiger partial charge in [-0.3, -0.25) is 19.0 Å². The number of aryl methyl sites for hydroxylation is 1. The fourth-order valence-corrected chi connectivity index (χ4v) is 3.11. The highest BCUT2D eigenvalue weighted by molar-refractivity contribution is 6.31. The number of nitrogens with one attached hydrogen (secondary N) is 1. The van der Waals surface area contributed by atoms with E-state index in [1.54, 1.807) is 36.4 Å². The van der Waals surface area contributed by atoms with Crippen molar-refractivity contribution in [3.05, 3.63) is 69.7 Å². The summed E-state index contributed by atoms with van der Waals surface area (Å²) in [5.41, 5.74) is 1.87. The number of fused-ring (bicyclic) bond motifs is 3. The number of carbonyl (C=O) groups excluding carboxylic acids is 2. The van der Waals surface area contributed by atoms with Gasteiger partial charge in [-0.1, -0.05) is 29.8 Å². The highest BCUT2D eigenvalue weighted by Gasteiger charge is 2.15. The first-order valence-electron chi connectivity index (χ1n) is 9.00. The molecule has 0 atom stereocenters. The number of para-hydroxylation sites is 1. The number of furan rings is 1. The van der Waals surface area contributed by atoms with Gasteiger partial charge < -0.3 is 14.5 Å². The van der Waals surface area contributed by atoms with Gasteiger partial charge in [-0.2, -0.15) is 0 Å². The first kappa shape index (κ1) is 19.7. The third-order valence-corrected chi connectivity index (χ3v) is 4.88. The van der Waals surface area contributed by atoms with Gasteiger partial charge in [-0.05, 0) is 36.8 Å². The molecule has 9 heteroatoms. The number of aromatic nitrogens is 2. The molecule has 30 heavy (non-hydrogen) atoms. The monoisotopic (exact) mass is 425 g/mol. The van der Waals surface area contributed by atoms with Gasteiger partial charge in [0.1, 0.15) is 17.6 Å². The van der Waals surface area contributed by atoms with Crippen molar-refractivity contribution in [2.75, 3.05) is 11.9 Å². The molecule has 0 spiro atoms. The van der Waals surface area contributed by atoms with Crippen molar-refractivity contribution in [2.45, 2.75) is 13.5 Å². The standard InChI is InChI=1S/C21H16ClN3O5/c1-12-6-7-13(8-15(12)22)24-17(26)10-29-18(27)9-25-11-23-19-14-4-2-3-5-16(14)30-20(19)21(25)28/h2-8,11H,9-10H2,1H3,(H,24,26). The normalized spacial score (nSPS) is 11.0. The van der Waals surface area contributed by atoms with E-state index in [0.717, 1.165) is 10.1 Å². The smallest absolute Gasteiger partial charge is 0.326 e. The van der Waals surface area contributed by atoms with Crippen LogP contribution in [0.3, 0.4) is 0 Å². The predicted molar refractivity (Wildman–Crippen MR) is 112 cm³/mol. The van der Waals surface area contributed by atoms with Gasteiger partial charge in [-0.15, -0.1) is 0 Å². The topological polar surface area (TPSA) is 103 Å². The molecule has 2 aromatic carbocycles. The van der Waals surface area contributed by atoms with Crippen LogP contribution in [-0.4, -0.2) is 28.0 Å². The van der Waals surface area contributed by atoms with Crippen LogP contribution < -0.4 is 10.9 Å². The minimum Gasteiger partial charge on any atom is -0.454 e. The van der Waals surface area contributed by atoms with Crippen LogP contribution in [-0.2, 0) is 20.9 Å². The van der Waals surface area contributed by atoms with E-state index in [-0.39, 0.29) is 5.58 Å². The molecule has 1 N–H and O–H groups in total. The molecule has 152 valence electrons. The quantitative estimate of drug-likeness (QED) is 0.492. The van der Waals surface area contributed by atoms with Crippen LogP contribution in [0.25, 0.3) is 22.1 Å². The summed E-state index contributed by atoms with van der Waals surface area (Å²) in [4.78, 5) is 40.9. The summed E-state index contributed by atoms with van der Waals surface area (Å²) >= 11 is 6.01. The molecule has 2 aromatic heterocycles. The number of halogens is 1. The van der Waals surface area contributed by atoms with Crippen LogP contribution >= 0.6 is 11.6 Å². The van der Waals surface area contributed by atoms with E-state index in [4.69, 9.17) is 20.8 Å². The second-order valence-corrected chi connectivity index (χ2v) is 7.03. The Bertz CT molecular complexity index is 1340. The van der Waals surface area contributed by atoms with Crippen molar-refractivity contribution in [1.82, 2.24) is 9.55 Å². The second kappa shape index (κ2) is 8.00. The van der Waals surface area contributed by atoms with E-state index >= 15 is 0 Å². The average molecular weight is 426 g/mol. The molecular formula is C21H16ClN3O5. The van der Waals surface area contributed by atoms with Crippen molar-refractivity contribution in [1.29, 1.82) is 0 Å².